The number of carbonyl (C=O) groups excluding carboxylic acids is 2. The lowest BCUT2D eigenvalue weighted by Gasteiger charge is -2.35. The summed E-state index contributed by atoms with van der Waals surface area (Å²) >= 11 is 2.91. The molecule has 33 heavy (non-hydrogen) atoms. The second-order valence-electron chi connectivity index (χ2n) is 8.60. The minimum absolute atomic E-state index is 0.107. The average molecular weight is 484 g/mol. The number of methoxy groups -OCH3 is 1. The number of hydrogen-bond donors (Lipinski definition) is 0. The summed E-state index contributed by atoms with van der Waals surface area (Å²) in [5.41, 5.74) is 3.50. The van der Waals surface area contributed by atoms with E-state index in [2.05, 4.69) is 23.2 Å². The van der Waals surface area contributed by atoms with Gasteiger partial charge in [-0.1, -0.05) is 43.0 Å². The lowest BCUT2D eigenvalue weighted by molar-refractivity contribution is -0.153. The first-order chi connectivity index (χ1) is 16.0. The molecule has 0 unspecified atom stereocenters. The minimum atomic E-state index is -0.629. The molecule has 0 N–H and O–H groups in total. The van der Waals surface area contributed by atoms with Crippen molar-refractivity contribution < 1.29 is 18.7 Å². The van der Waals surface area contributed by atoms with Crippen LogP contribution in [0.1, 0.15) is 34.9 Å². The van der Waals surface area contributed by atoms with Gasteiger partial charge in [-0.05, 0) is 47.9 Å². The van der Waals surface area contributed by atoms with Crippen LogP contribution in [0, 0.1) is 5.92 Å². The molecule has 172 valence electrons. The summed E-state index contributed by atoms with van der Waals surface area (Å²) in [6, 6.07) is 9.40. The number of benzene rings is 1. The Morgan fingerprint density at radius 2 is 2.03 bits per heavy atom. The molecule has 3 heterocycles. The number of fused-ring (bicyclic) bond motifs is 2. The molecule has 3 aromatic rings. The quantitative estimate of drug-likeness (QED) is 0.398. The van der Waals surface area contributed by atoms with Crippen molar-refractivity contribution in [3.63, 3.8) is 0 Å². The highest BCUT2D eigenvalue weighted by molar-refractivity contribution is 7.99. The van der Waals surface area contributed by atoms with E-state index in [0.717, 1.165) is 28.8 Å². The fourth-order valence-electron chi connectivity index (χ4n) is 4.52. The molecule has 2 atom stereocenters. The number of esters is 1. The van der Waals surface area contributed by atoms with Gasteiger partial charge in [-0.15, -0.1) is 21.5 Å². The number of rotatable bonds is 5. The Hall–Kier alpha value is -2.65. The molecule has 1 aliphatic heterocycles. The number of nitrogens with zero attached hydrogens (tertiary/aromatic N) is 3. The number of ether oxygens (including phenoxy) is 1. The van der Waals surface area contributed by atoms with Gasteiger partial charge in [-0.2, -0.15) is 0 Å². The van der Waals surface area contributed by atoms with E-state index in [4.69, 9.17) is 9.15 Å². The summed E-state index contributed by atoms with van der Waals surface area (Å²) in [4.78, 5) is 29.4. The molecule has 0 spiro atoms. The molecule has 5 rings (SSSR count). The fourth-order valence-corrected chi connectivity index (χ4v) is 6.30. The third-order valence-corrected chi connectivity index (χ3v) is 8.34. The molecule has 0 radical (unpaired) electrons. The standard InChI is InChI=1S/C24H25N3O4S2/c1-14-7-8-19-17(9-14)11-20(33-19)22-25-26-24(31-22)32-13-21(28)27-12-16-6-4-3-5-15(16)10-18(27)23(29)30-2/h3-6,11,14,18H,7-10,12-13H2,1-2H3/t14-,18+/m0/s1. The van der Waals surface area contributed by atoms with Crippen molar-refractivity contribution in [2.75, 3.05) is 12.9 Å². The van der Waals surface area contributed by atoms with Crippen LogP contribution in [0.4, 0.5) is 0 Å². The summed E-state index contributed by atoms with van der Waals surface area (Å²) < 4.78 is 10.8. The second-order valence-corrected chi connectivity index (χ2v) is 10.7. The minimum Gasteiger partial charge on any atom is -0.467 e. The number of aromatic nitrogens is 2. The molecule has 0 fully saturated rings. The Labute approximate surface area is 200 Å². The number of carbonyl (C=O) groups is 2. The van der Waals surface area contributed by atoms with Crippen LogP contribution in [-0.2, 0) is 40.1 Å². The van der Waals surface area contributed by atoms with Crippen molar-refractivity contribution in [3.8, 4) is 10.8 Å². The Bertz CT molecular complexity index is 1190. The van der Waals surface area contributed by atoms with Gasteiger partial charge < -0.3 is 14.1 Å². The molecule has 2 aliphatic rings. The van der Waals surface area contributed by atoms with Gasteiger partial charge in [-0.25, -0.2) is 4.79 Å². The zero-order valence-electron chi connectivity index (χ0n) is 18.6. The third-order valence-electron chi connectivity index (χ3n) is 6.31. The van der Waals surface area contributed by atoms with E-state index in [-0.39, 0.29) is 11.7 Å². The summed E-state index contributed by atoms with van der Waals surface area (Å²) in [6.07, 6.45) is 3.86. The van der Waals surface area contributed by atoms with Gasteiger partial charge in [0.2, 0.25) is 5.91 Å². The molecule has 9 heteroatoms. The summed E-state index contributed by atoms with van der Waals surface area (Å²) in [5, 5.41) is 8.68. The van der Waals surface area contributed by atoms with Gasteiger partial charge in [0.25, 0.3) is 11.1 Å². The summed E-state index contributed by atoms with van der Waals surface area (Å²) in [6.45, 7) is 2.66. The van der Waals surface area contributed by atoms with Gasteiger partial charge >= 0.3 is 5.97 Å². The lowest BCUT2D eigenvalue weighted by atomic mass is 9.90. The SMILES string of the molecule is COC(=O)[C@H]1Cc2ccccc2CN1C(=O)CSc1nnc(-c2cc3c(s2)CC[C@H](C)C3)o1. The zero-order valence-corrected chi connectivity index (χ0v) is 20.2. The van der Waals surface area contributed by atoms with Crippen molar-refractivity contribution in [3.05, 3.63) is 51.9 Å². The molecule has 2 aromatic heterocycles. The highest BCUT2D eigenvalue weighted by atomic mass is 32.2. The van der Waals surface area contributed by atoms with E-state index in [1.54, 1.807) is 16.2 Å². The van der Waals surface area contributed by atoms with Crippen LogP contribution in [0.5, 0.6) is 0 Å². The highest BCUT2D eigenvalue weighted by Gasteiger charge is 2.35. The first kappa shape index (κ1) is 22.2. The van der Waals surface area contributed by atoms with Crippen LogP contribution in [0.2, 0.25) is 0 Å². The predicted octanol–water partition coefficient (Wildman–Crippen LogP) is 4.14. The molecule has 0 bridgehead atoms. The Balaban J connectivity index is 1.26. The average Bonchev–Trinajstić information content (AvgIpc) is 3.47. The van der Waals surface area contributed by atoms with E-state index in [0.29, 0.717) is 30.0 Å². The Morgan fingerprint density at radius 3 is 2.85 bits per heavy atom. The van der Waals surface area contributed by atoms with Crippen LogP contribution in [0.25, 0.3) is 10.8 Å². The normalized spacial score (nSPS) is 19.6. The van der Waals surface area contributed by atoms with Crippen LogP contribution >= 0.6 is 23.1 Å². The highest BCUT2D eigenvalue weighted by Crippen LogP contribution is 2.37. The van der Waals surface area contributed by atoms with Crippen LogP contribution in [0.15, 0.2) is 40.0 Å². The zero-order chi connectivity index (χ0) is 22.9. The monoisotopic (exact) mass is 483 g/mol. The Morgan fingerprint density at radius 1 is 1.21 bits per heavy atom. The van der Waals surface area contributed by atoms with Gasteiger partial charge in [0, 0.05) is 17.8 Å². The number of aryl methyl sites for hydroxylation is 1. The molecular weight excluding hydrogens is 458 g/mol. The number of thioether (sulfide) groups is 1. The van der Waals surface area contributed by atoms with Gasteiger partial charge in [0.1, 0.15) is 6.04 Å². The van der Waals surface area contributed by atoms with Gasteiger partial charge in [-0.3, -0.25) is 4.79 Å². The number of thiophene rings is 1. The maximum absolute atomic E-state index is 13.1. The maximum atomic E-state index is 13.1. The Kier molecular flexibility index (Phi) is 6.25. The van der Waals surface area contributed by atoms with E-state index < -0.39 is 12.0 Å². The summed E-state index contributed by atoms with van der Waals surface area (Å²) in [5.74, 6) is 0.742. The van der Waals surface area contributed by atoms with Crippen LogP contribution in [0.3, 0.4) is 0 Å². The first-order valence-electron chi connectivity index (χ1n) is 11.0. The lowest BCUT2D eigenvalue weighted by Crippen LogP contribution is -2.49. The van der Waals surface area contributed by atoms with Gasteiger partial charge in [0.05, 0.1) is 17.7 Å². The molecule has 1 amide bonds. The van der Waals surface area contributed by atoms with E-state index in [1.807, 2.05) is 24.3 Å². The van der Waals surface area contributed by atoms with Crippen molar-refractivity contribution in [1.29, 1.82) is 0 Å². The van der Waals surface area contributed by atoms with E-state index in [9.17, 15) is 9.59 Å². The molecule has 0 saturated carbocycles. The van der Waals surface area contributed by atoms with Gasteiger partial charge in [0.15, 0.2) is 0 Å². The van der Waals surface area contributed by atoms with Crippen LogP contribution in [-0.4, -0.2) is 45.9 Å². The van der Waals surface area contributed by atoms with E-state index in [1.165, 1.54) is 35.7 Å². The summed E-state index contributed by atoms with van der Waals surface area (Å²) in [7, 11) is 1.35. The smallest absolute Gasteiger partial charge is 0.328 e. The van der Waals surface area contributed by atoms with Crippen molar-refractivity contribution in [1.82, 2.24) is 15.1 Å². The van der Waals surface area contributed by atoms with E-state index >= 15 is 0 Å². The van der Waals surface area contributed by atoms with Crippen molar-refractivity contribution in [2.45, 2.75) is 50.4 Å². The predicted molar refractivity (Wildman–Crippen MR) is 126 cm³/mol. The largest absolute Gasteiger partial charge is 0.467 e. The molecule has 7 nitrogen and oxygen atoms in total. The topological polar surface area (TPSA) is 85.5 Å². The number of amides is 1. The van der Waals surface area contributed by atoms with Crippen LogP contribution < -0.4 is 0 Å². The number of hydrogen-bond acceptors (Lipinski definition) is 8. The molecule has 1 aromatic carbocycles. The van der Waals surface area contributed by atoms with Crippen molar-refractivity contribution >= 4 is 35.0 Å². The molecule has 1 aliphatic carbocycles. The fraction of sp³-hybridized carbons (Fsp3) is 0.417. The third kappa shape index (κ3) is 4.56. The molecule has 0 saturated heterocycles. The second kappa shape index (κ2) is 9.30. The first-order valence-corrected chi connectivity index (χ1v) is 12.8. The maximum Gasteiger partial charge on any atom is 0.328 e. The molecular formula is C24H25N3O4S2. The van der Waals surface area contributed by atoms with Crippen molar-refractivity contribution in [2.24, 2.45) is 5.92 Å².